The highest BCUT2D eigenvalue weighted by Crippen LogP contribution is 2.42. The van der Waals surface area contributed by atoms with Gasteiger partial charge in [0.25, 0.3) is 0 Å². The maximum absolute atomic E-state index is 6.10. The van der Waals surface area contributed by atoms with Crippen molar-refractivity contribution < 1.29 is 4.74 Å². The van der Waals surface area contributed by atoms with Gasteiger partial charge in [-0.3, -0.25) is 0 Å². The number of halogens is 1. The number of benzene rings is 2. The predicted octanol–water partition coefficient (Wildman–Crippen LogP) is 5.22. The van der Waals surface area contributed by atoms with Gasteiger partial charge in [-0.1, -0.05) is 71.9 Å². The van der Waals surface area contributed by atoms with Crippen LogP contribution in [0, 0.1) is 0 Å². The molecule has 2 aromatic carbocycles. The van der Waals surface area contributed by atoms with Gasteiger partial charge in [0.15, 0.2) is 0 Å². The van der Waals surface area contributed by atoms with Gasteiger partial charge >= 0.3 is 0 Å². The molecule has 3 aromatic rings. The second-order valence-electron chi connectivity index (χ2n) is 6.43. The van der Waals surface area contributed by atoms with Crippen LogP contribution in [0.1, 0.15) is 10.8 Å². The lowest BCUT2D eigenvalue weighted by Gasteiger charge is -2.31. The summed E-state index contributed by atoms with van der Waals surface area (Å²) in [7, 11) is 0. The fourth-order valence-electron chi connectivity index (χ4n) is 3.24. The molecule has 0 aliphatic carbocycles. The fraction of sp³-hybridized carbons (Fsp3) is 0.227. The molecule has 1 aliphatic heterocycles. The van der Waals surface area contributed by atoms with Crippen LogP contribution >= 0.6 is 23.4 Å². The third kappa shape index (κ3) is 4.53. The molecule has 0 saturated carbocycles. The zero-order valence-electron chi connectivity index (χ0n) is 14.8. The quantitative estimate of drug-likeness (QED) is 0.599. The fourth-order valence-corrected chi connectivity index (χ4v) is 4.66. The van der Waals surface area contributed by atoms with E-state index in [2.05, 4.69) is 35.6 Å². The van der Waals surface area contributed by atoms with Gasteiger partial charge in [-0.2, -0.15) is 0 Å². The lowest BCUT2D eigenvalue weighted by molar-refractivity contribution is 0.0273. The molecule has 27 heavy (non-hydrogen) atoms. The average Bonchev–Trinajstić information content (AvgIpc) is 2.74. The van der Waals surface area contributed by atoms with Gasteiger partial charge in [0, 0.05) is 29.9 Å². The van der Waals surface area contributed by atoms with Crippen LogP contribution in [0.25, 0.3) is 11.1 Å². The Labute approximate surface area is 169 Å². The minimum atomic E-state index is 0.103. The molecular weight excluding hydrogens is 376 g/mol. The molecule has 1 fully saturated rings. The van der Waals surface area contributed by atoms with E-state index in [1.54, 1.807) is 11.8 Å². The summed E-state index contributed by atoms with van der Waals surface area (Å²) in [5.74, 6) is 0. The number of morpholine rings is 1. The van der Waals surface area contributed by atoms with E-state index in [1.165, 1.54) is 5.56 Å². The van der Waals surface area contributed by atoms with Crippen LogP contribution in [0.3, 0.4) is 0 Å². The second kappa shape index (κ2) is 8.89. The van der Waals surface area contributed by atoms with Gasteiger partial charge in [-0.15, -0.1) is 0 Å². The first-order chi connectivity index (χ1) is 13.3. The molecular formula is C22H21ClN2OS. The average molecular weight is 397 g/mol. The van der Waals surface area contributed by atoms with E-state index in [1.807, 2.05) is 42.6 Å². The van der Waals surface area contributed by atoms with Gasteiger partial charge in [0.2, 0.25) is 0 Å². The topological polar surface area (TPSA) is 34.2 Å². The van der Waals surface area contributed by atoms with Crippen molar-refractivity contribution in [3.05, 3.63) is 83.5 Å². The summed E-state index contributed by atoms with van der Waals surface area (Å²) in [6, 6.07) is 22.5. The van der Waals surface area contributed by atoms with Gasteiger partial charge in [-0.05, 0) is 29.3 Å². The van der Waals surface area contributed by atoms with Crippen LogP contribution in [0.5, 0.6) is 0 Å². The summed E-state index contributed by atoms with van der Waals surface area (Å²) in [5.41, 5.74) is 3.48. The van der Waals surface area contributed by atoms with E-state index in [0.29, 0.717) is 0 Å². The number of nitrogens with one attached hydrogen (secondary N) is 1. The summed E-state index contributed by atoms with van der Waals surface area (Å²) in [6.45, 7) is 2.48. The molecule has 0 amide bonds. The smallest absolute Gasteiger partial charge is 0.104 e. The van der Waals surface area contributed by atoms with E-state index < -0.39 is 0 Å². The highest BCUT2D eigenvalue weighted by atomic mass is 35.5. The van der Waals surface area contributed by atoms with E-state index in [-0.39, 0.29) is 11.4 Å². The van der Waals surface area contributed by atoms with Crippen molar-refractivity contribution in [2.45, 2.75) is 16.4 Å². The summed E-state index contributed by atoms with van der Waals surface area (Å²) in [6.07, 6.45) is 1.95. The van der Waals surface area contributed by atoms with Crippen LogP contribution < -0.4 is 5.32 Å². The van der Waals surface area contributed by atoms with Crippen molar-refractivity contribution >= 4 is 23.4 Å². The second-order valence-corrected chi connectivity index (χ2v) is 7.99. The molecule has 1 unspecified atom stereocenters. The van der Waals surface area contributed by atoms with Crippen LogP contribution in [0.15, 0.2) is 78.0 Å². The molecule has 0 bridgehead atoms. The highest BCUT2D eigenvalue weighted by molar-refractivity contribution is 7.99. The van der Waals surface area contributed by atoms with E-state index in [9.17, 15) is 0 Å². The van der Waals surface area contributed by atoms with E-state index in [4.69, 9.17) is 21.3 Å². The zero-order chi connectivity index (χ0) is 18.5. The number of rotatable bonds is 5. The minimum absolute atomic E-state index is 0.103. The van der Waals surface area contributed by atoms with Crippen LogP contribution in [-0.2, 0) is 4.74 Å². The standard InChI is InChI=1S/C22H21ClN2OS/c23-18-10-8-16(9-11-18)19-7-4-12-25-22(19)27-21(17-5-2-1-3-6-17)20-15-24-13-14-26-20/h1-12,20-21,24H,13-15H2/t20-,21?/m0/s1. The molecule has 5 heteroatoms. The molecule has 138 valence electrons. The molecule has 1 saturated heterocycles. The van der Waals surface area contributed by atoms with Gasteiger partial charge in [0.1, 0.15) is 5.03 Å². The molecule has 4 rings (SSSR count). The predicted molar refractivity (Wildman–Crippen MR) is 112 cm³/mol. The number of ether oxygens (including phenoxy) is 1. The Kier molecular flexibility index (Phi) is 6.10. The van der Waals surface area contributed by atoms with Crippen molar-refractivity contribution in [3.8, 4) is 11.1 Å². The molecule has 1 N–H and O–H groups in total. The highest BCUT2D eigenvalue weighted by Gasteiger charge is 2.28. The molecule has 0 radical (unpaired) electrons. The monoisotopic (exact) mass is 396 g/mol. The lowest BCUT2D eigenvalue weighted by atomic mass is 10.1. The maximum Gasteiger partial charge on any atom is 0.104 e. The Morgan fingerprint density at radius 2 is 1.85 bits per heavy atom. The van der Waals surface area contributed by atoms with Gasteiger partial charge < -0.3 is 10.1 Å². The Hall–Kier alpha value is -1.85. The molecule has 0 spiro atoms. The Morgan fingerprint density at radius 1 is 1.04 bits per heavy atom. The SMILES string of the molecule is Clc1ccc(-c2cccnc2SC(c2ccccc2)[C@@H]2CNCCO2)cc1. The number of thioether (sulfide) groups is 1. The summed E-state index contributed by atoms with van der Waals surface area (Å²) in [4.78, 5) is 4.69. The maximum atomic E-state index is 6.10. The van der Waals surface area contributed by atoms with Crippen molar-refractivity contribution in [1.82, 2.24) is 10.3 Å². The number of hydrogen-bond acceptors (Lipinski definition) is 4. The molecule has 2 heterocycles. The van der Waals surface area contributed by atoms with Crippen molar-refractivity contribution in [2.24, 2.45) is 0 Å². The van der Waals surface area contributed by atoms with Crippen molar-refractivity contribution in [2.75, 3.05) is 19.7 Å². The normalized spacial score (nSPS) is 18.2. The van der Waals surface area contributed by atoms with Crippen LogP contribution in [-0.4, -0.2) is 30.8 Å². The Morgan fingerprint density at radius 3 is 2.59 bits per heavy atom. The van der Waals surface area contributed by atoms with Crippen LogP contribution in [0.2, 0.25) is 5.02 Å². The van der Waals surface area contributed by atoms with Crippen LogP contribution in [0.4, 0.5) is 0 Å². The zero-order valence-corrected chi connectivity index (χ0v) is 16.4. The third-order valence-corrected chi connectivity index (χ3v) is 6.22. The summed E-state index contributed by atoms with van der Waals surface area (Å²) in [5, 5.41) is 5.36. The van der Waals surface area contributed by atoms with Gasteiger partial charge in [-0.25, -0.2) is 4.98 Å². The number of hydrogen-bond donors (Lipinski definition) is 1. The molecule has 3 nitrogen and oxygen atoms in total. The Balaban J connectivity index is 1.68. The first-order valence-corrected chi connectivity index (χ1v) is 10.3. The Bertz CT molecular complexity index is 867. The molecule has 2 atom stereocenters. The number of nitrogens with zero attached hydrogens (tertiary/aromatic N) is 1. The third-order valence-electron chi connectivity index (χ3n) is 4.59. The first kappa shape index (κ1) is 18.5. The number of pyridine rings is 1. The minimum Gasteiger partial charge on any atom is -0.374 e. The number of aromatic nitrogens is 1. The van der Waals surface area contributed by atoms with E-state index >= 15 is 0 Å². The first-order valence-electron chi connectivity index (χ1n) is 9.06. The largest absolute Gasteiger partial charge is 0.374 e. The van der Waals surface area contributed by atoms with Crippen molar-refractivity contribution in [3.63, 3.8) is 0 Å². The summed E-state index contributed by atoms with van der Waals surface area (Å²) >= 11 is 7.83. The van der Waals surface area contributed by atoms with Gasteiger partial charge in [0.05, 0.1) is 18.0 Å². The van der Waals surface area contributed by atoms with E-state index in [0.717, 1.165) is 40.9 Å². The van der Waals surface area contributed by atoms with Crippen molar-refractivity contribution in [1.29, 1.82) is 0 Å². The molecule has 1 aliphatic rings. The summed E-state index contributed by atoms with van der Waals surface area (Å²) < 4.78 is 6.10. The lowest BCUT2D eigenvalue weighted by Crippen LogP contribution is -2.41. The molecule has 1 aromatic heterocycles.